The van der Waals surface area contributed by atoms with E-state index in [1.54, 1.807) is 6.33 Å². The SMILES string of the molecule is O=C(CCc1oc(-n2cnc3ccccc32)nc1-c1ccc(Cl)cc1)NCCCN1CCOCC1. The molecule has 182 valence electrons. The van der Waals surface area contributed by atoms with Gasteiger partial charge in [-0.05, 0) is 37.2 Å². The van der Waals surface area contributed by atoms with Crippen LogP contribution in [0.1, 0.15) is 18.6 Å². The molecule has 1 fully saturated rings. The molecule has 8 nitrogen and oxygen atoms in total. The first kappa shape index (κ1) is 23.5. The van der Waals surface area contributed by atoms with Crippen molar-refractivity contribution in [2.75, 3.05) is 39.4 Å². The lowest BCUT2D eigenvalue weighted by atomic mass is 10.1. The normalized spacial score (nSPS) is 14.4. The summed E-state index contributed by atoms with van der Waals surface area (Å²) in [7, 11) is 0. The molecule has 0 spiro atoms. The highest BCUT2D eigenvalue weighted by Crippen LogP contribution is 2.29. The van der Waals surface area contributed by atoms with Crippen molar-refractivity contribution in [3.8, 4) is 17.3 Å². The van der Waals surface area contributed by atoms with E-state index < -0.39 is 0 Å². The summed E-state index contributed by atoms with van der Waals surface area (Å²) in [6.45, 7) is 5.12. The quantitative estimate of drug-likeness (QED) is 0.353. The number of fused-ring (bicyclic) bond motifs is 1. The zero-order valence-corrected chi connectivity index (χ0v) is 20.2. The number of oxazole rings is 1. The molecule has 9 heteroatoms. The lowest BCUT2D eigenvalue weighted by Gasteiger charge is -2.26. The lowest BCUT2D eigenvalue weighted by molar-refractivity contribution is -0.121. The van der Waals surface area contributed by atoms with Crippen LogP contribution in [0.25, 0.3) is 28.3 Å². The maximum atomic E-state index is 12.5. The number of benzene rings is 2. The predicted octanol–water partition coefficient (Wildman–Crippen LogP) is 4.11. The number of hydrogen-bond donors (Lipinski definition) is 1. The summed E-state index contributed by atoms with van der Waals surface area (Å²) < 4.78 is 13.4. The van der Waals surface area contributed by atoms with Crippen LogP contribution in [-0.2, 0) is 16.0 Å². The topological polar surface area (TPSA) is 85.4 Å². The Labute approximate surface area is 208 Å². The molecule has 0 atom stereocenters. The van der Waals surface area contributed by atoms with E-state index in [9.17, 15) is 4.79 Å². The molecule has 2 aromatic heterocycles. The van der Waals surface area contributed by atoms with Gasteiger partial charge in [0.15, 0.2) is 0 Å². The third kappa shape index (κ3) is 5.73. The number of hydrogen-bond acceptors (Lipinski definition) is 6. The smallest absolute Gasteiger partial charge is 0.308 e. The fourth-order valence-electron chi connectivity index (χ4n) is 4.23. The average Bonchev–Trinajstić information content (AvgIpc) is 3.51. The number of imidazole rings is 1. The second-order valence-electron chi connectivity index (χ2n) is 8.54. The summed E-state index contributed by atoms with van der Waals surface area (Å²) in [5.41, 5.74) is 3.35. The summed E-state index contributed by atoms with van der Waals surface area (Å²) in [6.07, 6.45) is 3.37. The van der Waals surface area contributed by atoms with Crippen molar-refractivity contribution in [3.63, 3.8) is 0 Å². The van der Waals surface area contributed by atoms with Gasteiger partial charge < -0.3 is 14.5 Å². The Morgan fingerprint density at radius 2 is 1.89 bits per heavy atom. The van der Waals surface area contributed by atoms with Gasteiger partial charge in [0, 0.05) is 43.1 Å². The Hall–Kier alpha value is -3.20. The van der Waals surface area contributed by atoms with E-state index in [-0.39, 0.29) is 5.91 Å². The highest BCUT2D eigenvalue weighted by molar-refractivity contribution is 6.30. The van der Waals surface area contributed by atoms with Gasteiger partial charge in [0.05, 0.1) is 24.2 Å². The molecule has 4 aromatic rings. The first-order valence-corrected chi connectivity index (χ1v) is 12.3. The molecule has 1 aliphatic rings. The molecule has 1 amide bonds. The van der Waals surface area contributed by atoms with E-state index >= 15 is 0 Å². The molecular formula is C26H28ClN5O3. The van der Waals surface area contributed by atoms with Gasteiger partial charge in [0.2, 0.25) is 5.91 Å². The van der Waals surface area contributed by atoms with Crippen molar-refractivity contribution >= 4 is 28.5 Å². The highest BCUT2D eigenvalue weighted by atomic mass is 35.5. The molecule has 1 N–H and O–H groups in total. The molecule has 35 heavy (non-hydrogen) atoms. The predicted molar refractivity (Wildman–Crippen MR) is 135 cm³/mol. The number of morpholine rings is 1. The minimum absolute atomic E-state index is 0.0000595. The van der Waals surface area contributed by atoms with Crippen molar-refractivity contribution in [2.45, 2.75) is 19.3 Å². The zero-order valence-electron chi connectivity index (χ0n) is 19.5. The van der Waals surface area contributed by atoms with Crippen molar-refractivity contribution in [2.24, 2.45) is 0 Å². The van der Waals surface area contributed by atoms with E-state index in [0.717, 1.165) is 55.9 Å². The van der Waals surface area contributed by atoms with Gasteiger partial charge in [-0.3, -0.25) is 14.3 Å². The second-order valence-corrected chi connectivity index (χ2v) is 8.97. The Morgan fingerprint density at radius 1 is 1.09 bits per heavy atom. The largest absolute Gasteiger partial charge is 0.427 e. The Balaban J connectivity index is 1.27. The van der Waals surface area contributed by atoms with E-state index in [1.807, 2.05) is 53.1 Å². The number of nitrogens with zero attached hydrogens (tertiary/aromatic N) is 4. The van der Waals surface area contributed by atoms with Gasteiger partial charge >= 0.3 is 6.01 Å². The number of halogens is 1. The third-order valence-corrected chi connectivity index (χ3v) is 6.37. The summed E-state index contributed by atoms with van der Waals surface area (Å²) in [5, 5.41) is 3.68. The van der Waals surface area contributed by atoms with Crippen LogP contribution in [-0.4, -0.2) is 64.7 Å². The van der Waals surface area contributed by atoms with Crippen LogP contribution in [0, 0.1) is 0 Å². The molecule has 1 aliphatic heterocycles. The molecule has 0 unspecified atom stereocenters. The van der Waals surface area contributed by atoms with Gasteiger partial charge in [0.25, 0.3) is 0 Å². The van der Waals surface area contributed by atoms with Crippen LogP contribution in [0.4, 0.5) is 0 Å². The number of amides is 1. The van der Waals surface area contributed by atoms with E-state index in [1.165, 1.54) is 0 Å². The highest BCUT2D eigenvalue weighted by Gasteiger charge is 2.19. The number of para-hydroxylation sites is 2. The van der Waals surface area contributed by atoms with Crippen molar-refractivity contribution in [1.82, 2.24) is 24.8 Å². The van der Waals surface area contributed by atoms with Crippen molar-refractivity contribution < 1.29 is 13.9 Å². The summed E-state index contributed by atoms with van der Waals surface area (Å²) in [5.74, 6) is 0.656. The molecule has 1 saturated heterocycles. The molecule has 3 heterocycles. The van der Waals surface area contributed by atoms with Crippen LogP contribution in [0.3, 0.4) is 0 Å². The number of ether oxygens (including phenoxy) is 1. The van der Waals surface area contributed by atoms with Crippen LogP contribution < -0.4 is 5.32 Å². The second kappa shape index (κ2) is 11.0. The van der Waals surface area contributed by atoms with Gasteiger partial charge in [-0.25, -0.2) is 4.98 Å². The minimum atomic E-state index is 0.0000595. The summed E-state index contributed by atoms with van der Waals surface area (Å²) in [4.78, 5) is 24.1. The van der Waals surface area contributed by atoms with E-state index in [4.69, 9.17) is 25.7 Å². The zero-order chi connectivity index (χ0) is 24.0. The molecule has 0 saturated carbocycles. The van der Waals surface area contributed by atoms with Gasteiger partial charge in [0.1, 0.15) is 17.8 Å². The number of carbonyl (C=O) groups excluding carboxylic acids is 1. The van der Waals surface area contributed by atoms with Gasteiger partial charge in [-0.1, -0.05) is 35.9 Å². The first-order chi connectivity index (χ1) is 17.2. The van der Waals surface area contributed by atoms with Crippen LogP contribution in [0.2, 0.25) is 5.02 Å². The van der Waals surface area contributed by atoms with Crippen LogP contribution in [0.5, 0.6) is 0 Å². The number of aromatic nitrogens is 3. The monoisotopic (exact) mass is 493 g/mol. The standard InChI is InChI=1S/C26H28ClN5O3/c27-20-8-6-19(7-9-20)25-23(10-11-24(33)28-12-3-13-31-14-16-34-17-15-31)35-26(30-25)32-18-29-21-4-1-2-5-22(21)32/h1-2,4-9,18H,3,10-17H2,(H,28,33). The minimum Gasteiger partial charge on any atom is -0.427 e. The fraction of sp³-hybridized carbons (Fsp3) is 0.346. The Kier molecular flexibility index (Phi) is 7.42. The molecule has 0 aliphatic carbocycles. The van der Waals surface area contributed by atoms with E-state index in [2.05, 4.69) is 15.2 Å². The Morgan fingerprint density at radius 3 is 2.71 bits per heavy atom. The maximum Gasteiger partial charge on any atom is 0.308 e. The fourth-order valence-corrected chi connectivity index (χ4v) is 4.35. The molecular weight excluding hydrogens is 466 g/mol. The number of rotatable bonds is 9. The van der Waals surface area contributed by atoms with Crippen LogP contribution >= 0.6 is 11.6 Å². The van der Waals surface area contributed by atoms with Crippen molar-refractivity contribution in [3.05, 3.63) is 65.6 Å². The van der Waals surface area contributed by atoms with E-state index in [0.29, 0.717) is 41.9 Å². The molecule has 5 rings (SSSR count). The lowest BCUT2D eigenvalue weighted by Crippen LogP contribution is -2.38. The van der Waals surface area contributed by atoms with Crippen molar-refractivity contribution in [1.29, 1.82) is 0 Å². The average molecular weight is 494 g/mol. The van der Waals surface area contributed by atoms with Gasteiger partial charge in [-0.2, -0.15) is 4.98 Å². The number of nitrogens with one attached hydrogen (secondary N) is 1. The maximum absolute atomic E-state index is 12.5. The summed E-state index contributed by atoms with van der Waals surface area (Å²) >= 11 is 6.09. The first-order valence-electron chi connectivity index (χ1n) is 11.9. The van der Waals surface area contributed by atoms with Crippen LogP contribution in [0.15, 0.2) is 59.3 Å². The number of aryl methyl sites for hydroxylation is 1. The molecule has 0 bridgehead atoms. The molecule has 2 aromatic carbocycles. The number of carbonyl (C=O) groups is 1. The van der Waals surface area contributed by atoms with Gasteiger partial charge in [-0.15, -0.1) is 0 Å². The summed E-state index contributed by atoms with van der Waals surface area (Å²) in [6, 6.07) is 15.7. The molecule has 0 radical (unpaired) electrons. The third-order valence-electron chi connectivity index (χ3n) is 6.12. The Bertz CT molecular complexity index is 1280.